The molecule has 208 valence electrons. The molecule has 42 heavy (non-hydrogen) atoms. The highest BCUT2D eigenvalue weighted by atomic mass is 16.4. The van der Waals surface area contributed by atoms with Gasteiger partial charge >= 0.3 is 5.97 Å². The minimum absolute atomic E-state index is 0.301. The minimum Gasteiger partial charge on any atom is -0.477 e. The predicted molar refractivity (Wildman–Crippen MR) is 176 cm³/mol. The maximum Gasteiger partial charge on any atom is 0.346 e. The van der Waals surface area contributed by atoms with E-state index in [1.807, 2.05) is 24.3 Å². The molecule has 0 aliphatic rings. The molecule has 1 N–H and O–H groups in total. The Kier molecular flexibility index (Phi) is 9.71. The summed E-state index contributed by atoms with van der Waals surface area (Å²) in [6.45, 7) is 8.36. The molecule has 0 aliphatic carbocycles. The van der Waals surface area contributed by atoms with Gasteiger partial charge in [-0.2, -0.15) is 5.26 Å². The first-order chi connectivity index (χ1) is 20.3. The van der Waals surface area contributed by atoms with Gasteiger partial charge in [0, 0.05) is 17.1 Å². The number of carbonyl (C=O) groups is 1. The Morgan fingerprint density at radius 3 is 1.48 bits per heavy atom. The molecule has 0 heterocycles. The van der Waals surface area contributed by atoms with Gasteiger partial charge in [-0.15, -0.1) is 0 Å². The number of anilines is 3. The maximum absolute atomic E-state index is 11.0. The van der Waals surface area contributed by atoms with Crippen molar-refractivity contribution in [2.24, 2.45) is 0 Å². The summed E-state index contributed by atoms with van der Waals surface area (Å²) in [7, 11) is 0. The first-order valence-corrected chi connectivity index (χ1v) is 13.8. The average Bonchev–Trinajstić information content (AvgIpc) is 3.03. The molecule has 4 aromatic rings. The molecule has 0 unspecified atom stereocenters. The lowest BCUT2D eigenvalue weighted by Crippen LogP contribution is -2.10. The number of carboxylic acid groups (broad SMARTS) is 1. The number of nitrogens with zero attached hydrogens (tertiary/aromatic N) is 2. The number of allylic oxidation sites excluding steroid dienone is 6. The van der Waals surface area contributed by atoms with Crippen LogP contribution >= 0.6 is 0 Å². The van der Waals surface area contributed by atoms with Gasteiger partial charge in [-0.1, -0.05) is 85.0 Å². The quantitative estimate of drug-likeness (QED) is 0.128. The maximum atomic E-state index is 11.0. The Morgan fingerprint density at radius 1 is 0.690 bits per heavy atom. The summed E-state index contributed by atoms with van der Waals surface area (Å²) in [5.74, 6) is -1.24. The summed E-state index contributed by atoms with van der Waals surface area (Å²) in [6.07, 6.45) is 8.89. The zero-order valence-electron chi connectivity index (χ0n) is 24.4. The number of nitriles is 1. The number of hydrogen-bond donors (Lipinski definition) is 1. The summed E-state index contributed by atoms with van der Waals surface area (Å²) >= 11 is 0. The highest BCUT2D eigenvalue weighted by Gasteiger charge is 2.13. The van der Waals surface area contributed by atoms with Gasteiger partial charge in [0.05, 0.1) is 0 Å². The Morgan fingerprint density at radius 2 is 1.10 bits per heavy atom. The van der Waals surface area contributed by atoms with E-state index in [1.165, 1.54) is 28.3 Å². The summed E-state index contributed by atoms with van der Waals surface area (Å²) in [6, 6.07) is 35.5. The smallest absolute Gasteiger partial charge is 0.346 e. The molecule has 0 aliphatic heterocycles. The summed E-state index contributed by atoms with van der Waals surface area (Å²) < 4.78 is 0. The van der Waals surface area contributed by atoms with Crippen LogP contribution in [0.2, 0.25) is 0 Å². The summed E-state index contributed by atoms with van der Waals surface area (Å²) in [5, 5.41) is 17.8. The van der Waals surface area contributed by atoms with Gasteiger partial charge in [-0.05, 0) is 109 Å². The van der Waals surface area contributed by atoms with Crippen LogP contribution in [-0.2, 0) is 4.79 Å². The fourth-order valence-corrected chi connectivity index (χ4v) is 4.53. The van der Waals surface area contributed by atoms with Crippen LogP contribution in [0.15, 0.2) is 127 Å². The molecule has 4 nitrogen and oxygen atoms in total. The Balaban J connectivity index is 1.63. The second kappa shape index (κ2) is 13.8. The lowest BCUT2D eigenvalue weighted by atomic mass is 10.0. The van der Waals surface area contributed by atoms with Crippen LogP contribution in [0.25, 0.3) is 28.3 Å². The molecule has 4 aromatic carbocycles. The Hall–Kier alpha value is -5.40. The number of benzene rings is 4. The van der Waals surface area contributed by atoms with Crippen molar-refractivity contribution in [1.29, 1.82) is 5.26 Å². The van der Waals surface area contributed by atoms with Crippen molar-refractivity contribution in [2.75, 3.05) is 4.90 Å². The van der Waals surface area contributed by atoms with Gasteiger partial charge in [0.15, 0.2) is 0 Å². The molecule has 0 radical (unpaired) electrons. The number of aliphatic carboxylic acids is 1. The van der Waals surface area contributed by atoms with Crippen LogP contribution in [0.5, 0.6) is 0 Å². The molecule has 0 bridgehead atoms. The first kappa shape index (κ1) is 29.6. The van der Waals surface area contributed by atoms with Gasteiger partial charge in [0.1, 0.15) is 11.6 Å². The molecule has 4 rings (SSSR count). The van der Waals surface area contributed by atoms with Crippen LogP contribution < -0.4 is 4.90 Å². The van der Waals surface area contributed by atoms with E-state index < -0.39 is 5.97 Å². The standard InChI is InChI=1S/C38H34N2O2/c1-5-27(3)30-14-20-35(21-15-30)40(36-22-16-31(17-23-36)28(4)6-2)37-24-18-33(19-25-37)32-12-10-29(11-13-32)8-7-9-34(26-39)38(41)42/h5-25H,1-4H3,(H,41,42)/b8-7+,27-5-,28-6-,34-9-. The second-order valence-electron chi connectivity index (χ2n) is 9.90. The van der Waals surface area contributed by atoms with E-state index >= 15 is 0 Å². The zero-order chi connectivity index (χ0) is 30.1. The van der Waals surface area contributed by atoms with Crippen LogP contribution in [0.4, 0.5) is 17.1 Å². The van der Waals surface area contributed by atoms with Gasteiger partial charge in [0.25, 0.3) is 0 Å². The predicted octanol–water partition coefficient (Wildman–Crippen LogP) is 10.2. The van der Waals surface area contributed by atoms with Crippen molar-refractivity contribution in [3.05, 3.63) is 144 Å². The van der Waals surface area contributed by atoms with E-state index in [9.17, 15) is 4.79 Å². The first-order valence-electron chi connectivity index (χ1n) is 13.8. The molecule has 0 spiro atoms. The fraction of sp³-hybridized carbons (Fsp3) is 0.105. The minimum atomic E-state index is -1.24. The van der Waals surface area contributed by atoms with Gasteiger partial charge in [-0.25, -0.2) is 4.79 Å². The van der Waals surface area contributed by atoms with Gasteiger partial charge in [0.2, 0.25) is 0 Å². The third kappa shape index (κ3) is 7.02. The highest BCUT2D eigenvalue weighted by Crippen LogP contribution is 2.36. The molecule has 0 saturated heterocycles. The van der Waals surface area contributed by atoms with Crippen molar-refractivity contribution in [2.45, 2.75) is 27.7 Å². The molecule has 0 fully saturated rings. The zero-order valence-corrected chi connectivity index (χ0v) is 24.4. The van der Waals surface area contributed by atoms with Crippen molar-refractivity contribution >= 4 is 40.3 Å². The molecule has 4 heteroatoms. The third-order valence-electron chi connectivity index (χ3n) is 7.30. The number of rotatable bonds is 9. The number of carboxylic acids is 1. The van der Waals surface area contributed by atoms with E-state index in [0.29, 0.717) is 0 Å². The van der Waals surface area contributed by atoms with Gasteiger partial charge < -0.3 is 10.0 Å². The Bertz CT molecular complexity index is 1640. The molecule has 0 atom stereocenters. The van der Waals surface area contributed by atoms with Gasteiger partial charge in [-0.3, -0.25) is 0 Å². The van der Waals surface area contributed by atoms with Crippen LogP contribution in [0, 0.1) is 11.3 Å². The topological polar surface area (TPSA) is 64.3 Å². The largest absolute Gasteiger partial charge is 0.477 e. The fourth-order valence-electron chi connectivity index (χ4n) is 4.53. The summed E-state index contributed by atoms with van der Waals surface area (Å²) in [4.78, 5) is 13.2. The van der Waals surface area contributed by atoms with E-state index in [1.54, 1.807) is 18.2 Å². The summed E-state index contributed by atoms with van der Waals surface area (Å²) in [5.41, 5.74) is 10.9. The molecular weight excluding hydrogens is 516 g/mol. The lowest BCUT2D eigenvalue weighted by molar-refractivity contribution is -0.132. The molecular formula is C38H34N2O2. The molecule has 0 saturated carbocycles. The second-order valence-corrected chi connectivity index (χ2v) is 9.90. The lowest BCUT2D eigenvalue weighted by Gasteiger charge is -2.26. The van der Waals surface area contributed by atoms with Crippen LogP contribution in [0.3, 0.4) is 0 Å². The molecule has 0 aromatic heterocycles. The normalized spacial score (nSPS) is 12.3. The van der Waals surface area contributed by atoms with Crippen molar-refractivity contribution in [3.63, 3.8) is 0 Å². The van der Waals surface area contributed by atoms with Crippen molar-refractivity contribution in [1.82, 2.24) is 0 Å². The van der Waals surface area contributed by atoms with E-state index in [-0.39, 0.29) is 5.57 Å². The monoisotopic (exact) mass is 550 g/mol. The number of hydrogen-bond acceptors (Lipinski definition) is 3. The SMILES string of the molecule is C/C=C(/C)c1ccc(N(c2ccc(/C(C)=C\C)cc2)c2ccc(-c3ccc(/C=C/C=C(/C#N)C(=O)O)cc3)cc2)cc1. The average molecular weight is 551 g/mol. The van der Waals surface area contributed by atoms with Crippen LogP contribution in [-0.4, -0.2) is 11.1 Å². The third-order valence-corrected chi connectivity index (χ3v) is 7.30. The van der Waals surface area contributed by atoms with Crippen LogP contribution in [0.1, 0.15) is 44.4 Å². The van der Waals surface area contributed by atoms with E-state index in [4.69, 9.17) is 10.4 Å². The van der Waals surface area contributed by atoms with E-state index in [2.05, 4.69) is 118 Å². The van der Waals surface area contributed by atoms with Crippen molar-refractivity contribution < 1.29 is 9.90 Å². The highest BCUT2D eigenvalue weighted by molar-refractivity contribution is 5.91. The van der Waals surface area contributed by atoms with E-state index in [0.717, 1.165) is 33.8 Å². The van der Waals surface area contributed by atoms with Crippen molar-refractivity contribution in [3.8, 4) is 17.2 Å². The molecule has 0 amide bonds. The Labute approximate surface area is 248 Å².